The second kappa shape index (κ2) is 7.48. The van der Waals surface area contributed by atoms with Crippen LogP contribution in [0.5, 0.6) is 0 Å². The first kappa shape index (κ1) is 19.6. The van der Waals surface area contributed by atoms with Crippen molar-refractivity contribution in [3.05, 3.63) is 75.0 Å². The van der Waals surface area contributed by atoms with Gasteiger partial charge in [0.25, 0.3) is 10.0 Å². The van der Waals surface area contributed by atoms with Crippen LogP contribution in [0.25, 0.3) is 0 Å². The Bertz CT molecular complexity index is 1060. The van der Waals surface area contributed by atoms with Crippen molar-refractivity contribution in [2.45, 2.75) is 39.1 Å². The molecule has 0 bridgehead atoms. The van der Waals surface area contributed by atoms with Crippen LogP contribution < -0.4 is 4.72 Å². The summed E-state index contributed by atoms with van der Waals surface area (Å²) in [6.45, 7) is 8.10. The molecule has 0 saturated heterocycles. The molecular formula is C20H22BrN3O2S. The highest BCUT2D eigenvalue weighted by Crippen LogP contribution is 2.27. The molecule has 0 atom stereocenters. The van der Waals surface area contributed by atoms with Gasteiger partial charge in [-0.2, -0.15) is 5.10 Å². The van der Waals surface area contributed by atoms with Crippen molar-refractivity contribution in [1.82, 2.24) is 9.78 Å². The first-order valence-corrected chi connectivity index (χ1v) is 10.8. The lowest BCUT2D eigenvalue weighted by molar-refractivity contribution is 0.599. The summed E-state index contributed by atoms with van der Waals surface area (Å²) in [4.78, 5) is 0.348. The summed E-state index contributed by atoms with van der Waals surface area (Å²) >= 11 is 3.41. The molecule has 3 rings (SSSR count). The van der Waals surface area contributed by atoms with Gasteiger partial charge in [0.2, 0.25) is 0 Å². The summed E-state index contributed by atoms with van der Waals surface area (Å²) in [5.41, 5.74) is 5.00. The zero-order chi connectivity index (χ0) is 19.8. The molecule has 0 fully saturated rings. The first-order valence-electron chi connectivity index (χ1n) is 8.54. The highest BCUT2D eigenvalue weighted by atomic mass is 79.9. The maximum atomic E-state index is 13.0. The SMILES string of the molecule is Cc1cc(C)c(C)c(S(=O)(=O)Nc2cnn(Cc3ccc(Br)cc3)c2)c1C. The molecule has 1 N–H and O–H groups in total. The number of sulfonamides is 1. The van der Waals surface area contributed by atoms with Gasteiger partial charge in [-0.25, -0.2) is 8.42 Å². The first-order chi connectivity index (χ1) is 12.7. The fourth-order valence-corrected chi connectivity index (χ4v) is 4.98. The molecule has 0 saturated carbocycles. The Morgan fingerprint density at radius 2 is 1.63 bits per heavy atom. The minimum Gasteiger partial charge on any atom is -0.276 e. The fourth-order valence-electron chi connectivity index (χ4n) is 3.07. The monoisotopic (exact) mass is 447 g/mol. The molecule has 0 aliphatic carbocycles. The lowest BCUT2D eigenvalue weighted by Gasteiger charge is -2.16. The van der Waals surface area contributed by atoms with Gasteiger partial charge in [0.1, 0.15) is 0 Å². The number of aromatic nitrogens is 2. The molecule has 0 aliphatic rings. The number of hydrogen-bond acceptors (Lipinski definition) is 3. The Labute approximate surface area is 168 Å². The van der Waals surface area contributed by atoms with Gasteiger partial charge in [0.15, 0.2) is 0 Å². The molecule has 1 aromatic heterocycles. The lowest BCUT2D eigenvalue weighted by atomic mass is 10.0. The Hall–Kier alpha value is -2.12. The Morgan fingerprint density at radius 3 is 2.22 bits per heavy atom. The Balaban J connectivity index is 1.86. The van der Waals surface area contributed by atoms with Crippen molar-refractivity contribution in [1.29, 1.82) is 0 Å². The summed E-state index contributed by atoms with van der Waals surface area (Å²) in [6, 6.07) is 9.94. The molecule has 0 radical (unpaired) electrons. The van der Waals surface area contributed by atoms with Gasteiger partial charge in [-0.15, -0.1) is 0 Å². The number of nitrogens with one attached hydrogen (secondary N) is 1. The lowest BCUT2D eigenvalue weighted by Crippen LogP contribution is -2.16. The van der Waals surface area contributed by atoms with Crippen LogP contribution in [0.15, 0.2) is 52.1 Å². The van der Waals surface area contributed by atoms with E-state index in [2.05, 4.69) is 25.8 Å². The molecule has 142 valence electrons. The van der Waals surface area contributed by atoms with Crippen LogP contribution in [-0.2, 0) is 16.6 Å². The number of rotatable bonds is 5. The standard InChI is InChI=1S/C20H22BrN3O2S/c1-13-9-14(2)16(4)20(15(13)3)27(25,26)23-19-10-22-24(12-19)11-17-5-7-18(21)8-6-17/h5-10,12,23H,11H2,1-4H3. The number of halogens is 1. The Morgan fingerprint density at radius 1 is 1.04 bits per heavy atom. The second-order valence-electron chi connectivity index (χ2n) is 6.75. The van der Waals surface area contributed by atoms with Crippen LogP contribution in [0.1, 0.15) is 27.8 Å². The highest BCUT2D eigenvalue weighted by Gasteiger charge is 2.22. The van der Waals surface area contributed by atoms with E-state index in [1.54, 1.807) is 10.9 Å². The molecule has 7 heteroatoms. The van der Waals surface area contributed by atoms with Crippen LogP contribution in [0, 0.1) is 27.7 Å². The summed E-state index contributed by atoms with van der Waals surface area (Å²) in [5.74, 6) is 0. The number of anilines is 1. The molecule has 0 aliphatic heterocycles. The molecule has 27 heavy (non-hydrogen) atoms. The van der Waals surface area contributed by atoms with E-state index >= 15 is 0 Å². The van der Waals surface area contributed by atoms with Crippen LogP contribution in [0.2, 0.25) is 0 Å². The molecule has 5 nitrogen and oxygen atoms in total. The van der Waals surface area contributed by atoms with Crippen molar-refractivity contribution in [3.8, 4) is 0 Å². The molecule has 2 aromatic carbocycles. The molecule has 0 unspecified atom stereocenters. The van der Waals surface area contributed by atoms with Crippen LogP contribution >= 0.6 is 15.9 Å². The van der Waals surface area contributed by atoms with Gasteiger partial charge in [-0.1, -0.05) is 34.1 Å². The number of benzene rings is 2. The minimum absolute atomic E-state index is 0.348. The van der Waals surface area contributed by atoms with E-state index in [1.807, 2.05) is 58.0 Å². The third kappa shape index (κ3) is 4.25. The van der Waals surface area contributed by atoms with E-state index in [1.165, 1.54) is 6.20 Å². The summed E-state index contributed by atoms with van der Waals surface area (Å²) in [5, 5.41) is 4.27. The van der Waals surface area contributed by atoms with E-state index in [9.17, 15) is 8.42 Å². The maximum Gasteiger partial charge on any atom is 0.262 e. The van der Waals surface area contributed by atoms with E-state index in [0.717, 1.165) is 32.3 Å². The third-order valence-electron chi connectivity index (χ3n) is 4.71. The predicted octanol–water partition coefficient (Wildman–Crippen LogP) is 4.73. The van der Waals surface area contributed by atoms with Gasteiger partial charge in [-0.05, 0) is 67.6 Å². The topological polar surface area (TPSA) is 64.0 Å². The molecule has 1 heterocycles. The van der Waals surface area contributed by atoms with Crippen molar-refractivity contribution < 1.29 is 8.42 Å². The minimum atomic E-state index is -3.69. The number of aryl methyl sites for hydroxylation is 2. The zero-order valence-corrected chi connectivity index (χ0v) is 18.1. The highest BCUT2D eigenvalue weighted by molar-refractivity contribution is 9.10. The van der Waals surface area contributed by atoms with E-state index in [0.29, 0.717) is 17.1 Å². The average molecular weight is 448 g/mol. The van der Waals surface area contributed by atoms with Crippen LogP contribution in [0.4, 0.5) is 5.69 Å². The van der Waals surface area contributed by atoms with Crippen molar-refractivity contribution in [3.63, 3.8) is 0 Å². The number of nitrogens with zero attached hydrogens (tertiary/aromatic N) is 2. The van der Waals surface area contributed by atoms with Crippen molar-refractivity contribution in [2.24, 2.45) is 0 Å². The van der Waals surface area contributed by atoms with Gasteiger partial charge in [-0.3, -0.25) is 9.40 Å². The smallest absolute Gasteiger partial charge is 0.262 e. The summed E-state index contributed by atoms with van der Waals surface area (Å²) in [6.07, 6.45) is 3.23. The Kier molecular flexibility index (Phi) is 5.44. The molecule has 0 amide bonds. The predicted molar refractivity (Wildman–Crippen MR) is 112 cm³/mol. The zero-order valence-electron chi connectivity index (χ0n) is 15.7. The largest absolute Gasteiger partial charge is 0.276 e. The third-order valence-corrected chi connectivity index (χ3v) is 6.89. The van der Waals surface area contributed by atoms with Crippen LogP contribution in [-0.4, -0.2) is 18.2 Å². The van der Waals surface area contributed by atoms with Gasteiger partial charge in [0, 0.05) is 10.7 Å². The van der Waals surface area contributed by atoms with Crippen LogP contribution in [0.3, 0.4) is 0 Å². The van der Waals surface area contributed by atoms with E-state index in [4.69, 9.17) is 0 Å². The van der Waals surface area contributed by atoms with Crippen molar-refractivity contribution >= 4 is 31.6 Å². The molecule has 3 aromatic rings. The quantitative estimate of drug-likeness (QED) is 0.614. The average Bonchev–Trinajstić information content (AvgIpc) is 3.01. The van der Waals surface area contributed by atoms with Gasteiger partial charge in [0.05, 0.1) is 23.3 Å². The molecular weight excluding hydrogens is 426 g/mol. The fraction of sp³-hybridized carbons (Fsp3) is 0.250. The van der Waals surface area contributed by atoms with Gasteiger partial charge < -0.3 is 0 Å². The summed E-state index contributed by atoms with van der Waals surface area (Å²) < 4.78 is 31.4. The number of hydrogen-bond donors (Lipinski definition) is 1. The normalized spacial score (nSPS) is 11.6. The van der Waals surface area contributed by atoms with Gasteiger partial charge >= 0.3 is 0 Å². The van der Waals surface area contributed by atoms with E-state index in [-0.39, 0.29) is 0 Å². The second-order valence-corrected chi connectivity index (χ2v) is 9.28. The van der Waals surface area contributed by atoms with E-state index < -0.39 is 10.0 Å². The van der Waals surface area contributed by atoms with Crippen molar-refractivity contribution in [2.75, 3.05) is 4.72 Å². The molecule has 0 spiro atoms. The maximum absolute atomic E-state index is 13.0. The summed E-state index contributed by atoms with van der Waals surface area (Å²) in [7, 11) is -3.69.